The minimum Gasteiger partial charge on any atom is -0.377 e. The topological polar surface area (TPSA) is 76.4 Å². The van der Waals surface area contributed by atoms with Gasteiger partial charge in [0, 0.05) is 32.7 Å². The van der Waals surface area contributed by atoms with Crippen molar-refractivity contribution in [3.63, 3.8) is 0 Å². The summed E-state index contributed by atoms with van der Waals surface area (Å²) >= 11 is 0. The van der Waals surface area contributed by atoms with Crippen LogP contribution in [0.4, 0.5) is 0 Å². The zero-order chi connectivity index (χ0) is 18.9. The zero-order valence-electron chi connectivity index (χ0n) is 17.0. The van der Waals surface area contributed by atoms with Gasteiger partial charge in [-0.15, -0.1) is 0 Å². The third-order valence-electron chi connectivity index (χ3n) is 5.63. The van der Waals surface area contributed by atoms with E-state index in [9.17, 15) is 0 Å². The van der Waals surface area contributed by atoms with Crippen LogP contribution in [0.3, 0.4) is 0 Å². The molecule has 1 fully saturated rings. The van der Waals surface area contributed by atoms with Crippen LogP contribution in [0.2, 0.25) is 0 Å². The molecule has 7 nitrogen and oxygen atoms in total. The second-order valence-electron chi connectivity index (χ2n) is 7.85. The quantitative estimate of drug-likeness (QED) is 0.394. The molecule has 152 valence electrons. The molecule has 0 radical (unpaired) electrons. The van der Waals surface area contributed by atoms with Crippen LogP contribution in [0, 0.1) is 5.92 Å². The van der Waals surface area contributed by atoms with E-state index in [1.807, 2.05) is 4.68 Å². The predicted molar refractivity (Wildman–Crippen MR) is 108 cm³/mol. The Morgan fingerprint density at radius 3 is 2.89 bits per heavy atom. The normalized spacial score (nSPS) is 20.7. The molecule has 2 aliphatic rings. The van der Waals surface area contributed by atoms with Gasteiger partial charge < -0.3 is 15.4 Å². The summed E-state index contributed by atoms with van der Waals surface area (Å²) in [6.45, 7) is 5.21. The van der Waals surface area contributed by atoms with Gasteiger partial charge in [0.15, 0.2) is 11.8 Å². The molecule has 1 aromatic heterocycles. The van der Waals surface area contributed by atoms with Crippen molar-refractivity contribution in [2.45, 2.75) is 83.9 Å². The number of hydrogen-bond donors (Lipinski definition) is 2. The number of nitrogens with one attached hydrogen (secondary N) is 2. The maximum Gasteiger partial charge on any atom is 0.191 e. The van der Waals surface area contributed by atoms with Crippen LogP contribution < -0.4 is 10.6 Å². The molecular weight excluding hydrogens is 340 g/mol. The second kappa shape index (κ2) is 10.6. The highest BCUT2D eigenvalue weighted by molar-refractivity contribution is 5.80. The van der Waals surface area contributed by atoms with Gasteiger partial charge in [0.1, 0.15) is 12.4 Å². The molecule has 7 heteroatoms. The molecule has 27 heavy (non-hydrogen) atoms. The van der Waals surface area contributed by atoms with E-state index in [1.165, 1.54) is 44.9 Å². The number of aryl methyl sites for hydroxylation is 1. The average molecular weight is 377 g/mol. The summed E-state index contributed by atoms with van der Waals surface area (Å²) < 4.78 is 7.16. The Bertz CT molecular complexity index is 593. The summed E-state index contributed by atoms with van der Waals surface area (Å²) in [7, 11) is 1.68. The van der Waals surface area contributed by atoms with Gasteiger partial charge in [0.25, 0.3) is 0 Å². The summed E-state index contributed by atoms with van der Waals surface area (Å²) in [5, 5.41) is 11.5. The highest BCUT2D eigenvalue weighted by Gasteiger charge is 2.22. The second-order valence-corrected chi connectivity index (χ2v) is 7.85. The van der Waals surface area contributed by atoms with Crippen molar-refractivity contribution in [3.05, 3.63) is 11.6 Å². The average Bonchev–Trinajstić information content (AvgIpc) is 3.30. The number of guanidine groups is 1. The zero-order valence-corrected chi connectivity index (χ0v) is 17.0. The summed E-state index contributed by atoms with van der Waals surface area (Å²) in [6.07, 6.45) is 11.7. The van der Waals surface area contributed by atoms with E-state index in [0.29, 0.717) is 12.6 Å². The Morgan fingerprint density at radius 1 is 1.26 bits per heavy atom. The molecule has 1 aliphatic heterocycles. The van der Waals surface area contributed by atoms with Crippen LogP contribution in [-0.2, 0) is 24.3 Å². The first kappa shape index (κ1) is 20.1. The van der Waals surface area contributed by atoms with E-state index < -0.39 is 0 Å². The lowest BCUT2D eigenvalue weighted by Crippen LogP contribution is -2.47. The molecule has 0 amide bonds. The van der Waals surface area contributed by atoms with Gasteiger partial charge in [0.2, 0.25) is 0 Å². The molecule has 1 aliphatic carbocycles. The summed E-state index contributed by atoms with van der Waals surface area (Å²) in [6, 6.07) is 0.339. The number of aromatic nitrogens is 3. The van der Waals surface area contributed by atoms with Crippen molar-refractivity contribution in [1.29, 1.82) is 0 Å². The third kappa shape index (κ3) is 6.19. The number of hydrogen-bond acceptors (Lipinski definition) is 4. The molecule has 1 unspecified atom stereocenters. The van der Waals surface area contributed by atoms with E-state index in [1.54, 1.807) is 7.11 Å². The summed E-state index contributed by atoms with van der Waals surface area (Å²) in [5.74, 6) is 3.76. The van der Waals surface area contributed by atoms with E-state index >= 15 is 0 Å². The molecule has 2 heterocycles. The number of fused-ring (bicyclic) bond motifs is 1. The van der Waals surface area contributed by atoms with Crippen LogP contribution in [0.1, 0.15) is 69.9 Å². The van der Waals surface area contributed by atoms with Crippen LogP contribution in [-0.4, -0.2) is 47.0 Å². The smallest absolute Gasteiger partial charge is 0.191 e. The van der Waals surface area contributed by atoms with E-state index in [-0.39, 0.29) is 0 Å². The van der Waals surface area contributed by atoms with E-state index in [2.05, 4.69) is 27.6 Å². The van der Waals surface area contributed by atoms with Gasteiger partial charge in [0.05, 0.1) is 6.54 Å². The predicted octanol–water partition coefficient (Wildman–Crippen LogP) is 2.65. The Hall–Kier alpha value is -1.63. The van der Waals surface area contributed by atoms with Gasteiger partial charge in [-0.1, -0.05) is 38.5 Å². The molecule has 2 N–H and O–H groups in total. The number of methoxy groups -OCH3 is 1. The van der Waals surface area contributed by atoms with Gasteiger partial charge in [-0.3, -0.25) is 4.99 Å². The van der Waals surface area contributed by atoms with Crippen molar-refractivity contribution < 1.29 is 4.74 Å². The van der Waals surface area contributed by atoms with Crippen LogP contribution >= 0.6 is 0 Å². The highest BCUT2D eigenvalue weighted by atomic mass is 16.5. The van der Waals surface area contributed by atoms with Gasteiger partial charge in [-0.2, -0.15) is 5.10 Å². The number of rotatable bonds is 9. The largest absolute Gasteiger partial charge is 0.377 e. The lowest BCUT2D eigenvalue weighted by atomic mass is 10.0. The Morgan fingerprint density at radius 2 is 2.11 bits per heavy atom. The highest BCUT2D eigenvalue weighted by Crippen LogP contribution is 2.28. The van der Waals surface area contributed by atoms with E-state index in [4.69, 9.17) is 9.73 Å². The van der Waals surface area contributed by atoms with Crippen LogP contribution in [0.25, 0.3) is 0 Å². The van der Waals surface area contributed by atoms with Crippen LogP contribution in [0.5, 0.6) is 0 Å². The summed E-state index contributed by atoms with van der Waals surface area (Å²) in [4.78, 5) is 9.34. The molecule has 1 aromatic rings. The number of ether oxygens (including phenoxy) is 1. The Balaban J connectivity index is 1.43. The fourth-order valence-electron chi connectivity index (χ4n) is 4.22. The van der Waals surface area contributed by atoms with Crippen LogP contribution in [0.15, 0.2) is 4.99 Å². The molecular formula is C20H36N6O. The molecule has 0 aromatic carbocycles. The first-order valence-electron chi connectivity index (χ1n) is 10.7. The number of unbranched alkanes of at least 4 members (excludes halogenated alkanes) is 1. The fourth-order valence-corrected chi connectivity index (χ4v) is 4.22. The lowest BCUT2D eigenvalue weighted by Gasteiger charge is -2.25. The molecule has 1 saturated carbocycles. The van der Waals surface area contributed by atoms with Gasteiger partial charge in [-0.05, 0) is 25.7 Å². The molecule has 3 rings (SSSR count). The first-order valence-corrected chi connectivity index (χ1v) is 10.7. The van der Waals surface area contributed by atoms with Crippen molar-refractivity contribution in [2.75, 3.05) is 20.2 Å². The van der Waals surface area contributed by atoms with Crippen molar-refractivity contribution in [3.8, 4) is 0 Å². The van der Waals surface area contributed by atoms with Gasteiger partial charge in [-0.25, -0.2) is 9.67 Å². The van der Waals surface area contributed by atoms with Crippen molar-refractivity contribution >= 4 is 5.96 Å². The lowest BCUT2D eigenvalue weighted by molar-refractivity contribution is 0.177. The maximum atomic E-state index is 5.14. The molecule has 1 atom stereocenters. The number of nitrogens with zero attached hydrogens (tertiary/aromatic N) is 4. The third-order valence-corrected chi connectivity index (χ3v) is 5.63. The number of aliphatic imine (C=N–C) groups is 1. The molecule has 0 spiro atoms. The Kier molecular flexibility index (Phi) is 7.93. The maximum absolute atomic E-state index is 5.14. The van der Waals surface area contributed by atoms with E-state index in [0.717, 1.165) is 56.0 Å². The minimum absolute atomic E-state index is 0.339. The Labute approximate surface area is 163 Å². The molecule has 0 saturated heterocycles. The fraction of sp³-hybridized carbons (Fsp3) is 0.850. The SMILES string of the molecule is CCNC(=NCCCCC1CCCC1)NC1CCc2nc(COC)nn2C1. The van der Waals surface area contributed by atoms with Gasteiger partial charge >= 0.3 is 0 Å². The van der Waals surface area contributed by atoms with Crippen molar-refractivity contribution in [1.82, 2.24) is 25.4 Å². The first-order chi connectivity index (χ1) is 13.3. The minimum atomic E-state index is 0.339. The monoisotopic (exact) mass is 376 g/mol. The summed E-state index contributed by atoms with van der Waals surface area (Å²) in [5.41, 5.74) is 0. The standard InChI is InChI=1S/C20H36N6O/c1-3-21-20(22-13-7-6-10-16-8-4-5-9-16)23-17-11-12-19-24-18(15-27-2)25-26(19)14-17/h16-17H,3-15H2,1-2H3,(H2,21,22,23). The molecule has 0 bridgehead atoms. The van der Waals surface area contributed by atoms with Crippen molar-refractivity contribution in [2.24, 2.45) is 10.9 Å².